The third-order valence-corrected chi connectivity index (χ3v) is 7.13. The standard InChI is InChI=1S/C28H25ClF5N3O5/c1-41-22(25(30)31)11-21(27(40)36-18-6-3-14(4-7-18)26(35)39)37-12-23-20(10-24(37)38)19-9-17(29)5-2-15(19)8-16(13-42-23)28(32,33)34/h2-7,9-10,12,16,21-22,25H,8,11,13H2,1H3,(H2,35,39)(H,36,40)/t16-,21+,22-/m1/s1. The first-order chi connectivity index (χ1) is 19.8. The van der Waals surface area contributed by atoms with E-state index in [9.17, 15) is 36.3 Å². The van der Waals surface area contributed by atoms with Gasteiger partial charge in [-0.25, -0.2) is 8.78 Å². The Kier molecular flexibility index (Phi) is 9.21. The van der Waals surface area contributed by atoms with Gasteiger partial charge in [-0.15, -0.1) is 0 Å². The number of hydrogen-bond donors (Lipinski definition) is 2. The summed E-state index contributed by atoms with van der Waals surface area (Å²) in [5.41, 5.74) is 5.35. The Morgan fingerprint density at radius 3 is 2.43 bits per heavy atom. The maximum absolute atomic E-state index is 13.8. The van der Waals surface area contributed by atoms with Crippen molar-refractivity contribution in [3.05, 3.63) is 81.2 Å². The number of aromatic nitrogens is 1. The van der Waals surface area contributed by atoms with Gasteiger partial charge in [0.2, 0.25) is 11.8 Å². The van der Waals surface area contributed by atoms with Crippen LogP contribution in [0.5, 0.6) is 5.75 Å². The molecule has 2 heterocycles. The van der Waals surface area contributed by atoms with Crippen LogP contribution in [0.15, 0.2) is 59.5 Å². The molecule has 3 atom stereocenters. The first-order valence-electron chi connectivity index (χ1n) is 12.5. The molecule has 0 saturated heterocycles. The lowest BCUT2D eigenvalue weighted by atomic mass is 9.91. The molecule has 0 radical (unpaired) electrons. The summed E-state index contributed by atoms with van der Waals surface area (Å²) in [7, 11) is 1.01. The molecule has 2 aromatic carbocycles. The van der Waals surface area contributed by atoms with Crippen LogP contribution in [0, 0.1) is 5.92 Å². The Morgan fingerprint density at radius 1 is 1.14 bits per heavy atom. The number of carbonyl (C=O) groups excluding carboxylic acids is 2. The van der Waals surface area contributed by atoms with Gasteiger partial charge in [-0.3, -0.25) is 19.0 Å². The van der Waals surface area contributed by atoms with Crippen LogP contribution >= 0.6 is 11.6 Å². The van der Waals surface area contributed by atoms with Crippen LogP contribution in [0.3, 0.4) is 0 Å². The number of carbonyl (C=O) groups is 2. The minimum absolute atomic E-state index is 0.132. The maximum atomic E-state index is 13.8. The number of benzene rings is 2. The number of pyridine rings is 1. The molecular formula is C28H25ClF5N3O5. The van der Waals surface area contributed by atoms with Gasteiger partial charge >= 0.3 is 6.18 Å². The lowest BCUT2D eigenvalue weighted by Crippen LogP contribution is -2.38. The number of halogens is 6. The molecule has 1 aliphatic heterocycles. The van der Waals surface area contributed by atoms with E-state index in [0.29, 0.717) is 0 Å². The van der Waals surface area contributed by atoms with Crippen molar-refractivity contribution in [1.82, 2.24) is 4.57 Å². The SMILES string of the molecule is CO[C@H](C[C@@H](C(=O)Nc1ccc(C(N)=O)cc1)n1cc2c(cc1=O)-c1cc(Cl)ccc1C[C@@H](C(F)(F)F)CO2)C(F)F. The van der Waals surface area contributed by atoms with Crippen molar-refractivity contribution in [3.8, 4) is 16.9 Å². The summed E-state index contributed by atoms with van der Waals surface area (Å²) in [5, 5.41) is 2.70. The van der Waals surface area contributed by atoms with Crippen LogP contribution in [0.2, 0.25) is 5.02 Å². The van der Waals surface area contributed by atoms with Gasteiger partial charge in [-0.2, -0.15) is 13.2 Å². The van der Waals surface area contributed by atoms with E-state index in [2.05, 4.69) is 5.32 Å². The number of anilines is 1. The van der Waals surface area contributed by atoms with Gasteiger partial charge in [0.25, 0.3) is 12.0 Å². The zero-order chi connectivity index (χ0) is 30.8. The predicted octanol–water partition coefficient (Wildman–Crippen LogP) is 5.23. The minimum atomic E-state index is -4.61. The number of hydrogen-bond acceptors (Lipinski definition) is 5. The van der Waals surface area contributed by atoms with E-state index in [1.165, 1.54) is 42.5 Å². The van der Waals surface area contributed by atoms with E-state index in [1.54, 1.807) is 0 Å². The zero-order valence-corrected chi connectivity index (χ0v) is 22.7. The second-order valence-electron chi connectivity index (χ2n) is 9.64. The van der Waals surface area contributed by atoms with E-state index in [0.717, 1.165) is 23.9 Å². The van der Waals surface area contributed by atoms with Crippen molar-refractivity contribution >= 4 is 29.1 Å². The number of fused-ring (bicyclic) bond motifs is 3. The van der Waals surface area contributed by atoms with Gasteiger partial charge in [0.15, 0.2) is 0 Å². The van der Waals surface area contributed by atoms with Crippen molar-refractivity contribution in [2.75, 3.05) is 19.0 Å². The number of methoxy groups -OCH3 is 1. The smallest absolute Gasteiger partial charge is 0.395 e. The van der Waals surface area contributed by atoms with Crippen LogP contribution < -0.4 is 21.3 Å². The Bertz CT molecular complexity index is 1530. The van der Waals surface area contributed by atoms with E-state index >= 15 is 0 Å². The van der Waals surface area contributed by atoms with Crippen LogP contribution in [0.25, 0.3) is 11.1 Å². The summed E-state index contributed by atoms with van der Waals surface area (Å²) in [5.74, 6) is -3.70. The number of nitrogens with two attached hydrogens (primary N) is 1. The Balaban J connectivity index is 1.80. The Hall–Kier alpha value is -3.97. The molecule has 3 aromatic rings. The third-order valence-electron chi connectivity index (χ3n) is 6.89. The van der Waals surface area contributed by atoms with E-state index in [-0.39, 0.29) is 38.7 Å². The van der Waals surface area contributed by atoms with Gasteiger partial charge in [0, 0.05) is 41.4 Å². The topological polar surface area (TPSA) is 113 Å². The molecule has 8 nitrogen and oxygen atoms in total. The van der Waals surface area contributed by atoms with Crippen LogP contribution in [0.4, 0.5) is 27.6 Å². The quantitative estimate of drug-likeness (QED) is 0.338. The average molecular weight is 614 g/mol. The number of alkyl halides is 5. The van der Waals surface area contributed by atoms with E-state index < -0.39 is 67.5 Å². The molecule has 224 valence electrons. The van der Waals surface area contributed by atoms with Crippen molar-refractivity contribution in [1.29, 1.82) is 0 Å². The highest BCUT2D eigenvalue weighted by Gasteiger charge is 2.42. The van der Waals surface area contributed by atoms with Crippen molar-refractivity contribution in [2.24, 2.45) is 11.7 Å². The molecular weight excluding hydrogens is 589 g/mol. The monoisotopic (exact) mass is 613 g/mol. The summed E-state index contributed by atoms with van der Waals surface area (Å²) >= 11 is 6.12. The molecule has 0 aliphatic carbocycles. The molecule has 0 saturated carbocycles. The normalized spacial score (nSPS) is 16.3. The van der Waals surface area contributed by atoms with Gasteiger partial charge < -0.3 is 20.5 Å². The van der Waals surface area contributed by atoms with Gasteiger partial charge in [-0.1, -0.05) is 17.7 Å². The summed E-state index contributed by atoms with van der Waals surface area (Å²) in [6.07, 6.45) is -9.49. The predicted molar refractivity (Wildman–Crippen MR) is 144 cm³/mol. The first-order valence-corrected chi connectivity index (χ1v) is 12.9. The first kappa shape index (κ1) is 31.0. The second kappa shape index (κ2) is 12.5. The fourth-order valence-electron chi connectivity index (χ4n) is 4.61. The van der Waals surface area contributed by atoms with Crippen molar-refractivity contribution in [2.45, 2.75) is 37.6 Å². The number of nitrogens with zero attached hydrogens (tertiary/aromatic N) is 1. The highest BCUT2D eigenvalue weighted by molar-refractivity contribution is 6.30. The molecule has 1 aliphatic rings. The summed E-state index contributed by atoms with van der Waals surface area (Å²) in [6.45, 7) is -0.794. The van der Waals surface area contributed by atoms with Crippen LogP contribution in [-0.4, -0.2) is 48.8 Å². The van der Waals surface area contributed by atoms with Crippen molar-refractivity contribution < 1.29 is 41.0 Å². The molecule has 14 heteroatoms. The summed E-state index contributed by atoms with van der Waals surface area (Å²) in [4.78, 5) is 38.2. The fraction of sp³-hybridized carbons (Fsp3) is 0.321. The molecule has 0 spiro atoms. The van der Waals surface area contributed by atoms with Gasteiger partial charge in [0.05, 0.1) is 12.1 Å². The maximum Gasteiger partial charge on any atom is 0.395 e. The molecule has 1 aromatic heterocycles. The summed E-state index contributed by atoms with van der Waals surface area (Å²) < 4.78 is 79.9. The molecule has 0 unspecified atom stereocenters. The van der Waals surface area contributed by atoms with Crippen LogP contribution in [0.1, 0.15) is 28.4 Å². The number of primary amides is 1. The number of rotatable bonds is 8. The van der Waals surface area contributed by atoms with Gasteiger partial charge in [-0.05, 0) is 53.9 Å². The Morgan fingerprint density at radius 2 is 1.83 bits per heavy atom. The average Bonchev–Trinajstić information content (AvgIpc) is 2.91. The number of ether oxygens (including phenoxy) is 2. The highest BCUT2D eigenvalue weighted by Crippen LogP contribution is 2.40. The molecule has 0 fully saturated rings. The molecule has 2 amide bonds. The summed E-state index contributed by atoms with van der Waals surface area (Å²) in [6, 6.07) is 9.07. The molecule has 0 bridgehead atoms. The molecule has 4 rings (SSSR count). The zero-order valence-electron chi connectivity index (χ0n) is 22.0. The lowest BCUT2D eigenvalue weighted by Gasteiger charge is -2.28. The minimum Gasteiger partial charge on any atom is -0.491 e. The van der Waals surface area contributed by atoms with E-state index in [1.807, 2.05) is 0 Å². The largest absolute Gasteiger partial charge is 0.491 e. The second-order valence-corrected chi connectivity index (χ2v) is 10.1. The highest BCUT2D eigenvalue weighted by atomic mass is 35.5. The lowest BCUT2D eigenvalue weighted by molar-refractivity contribution is -0.181. The third kappa shape index (κ3) is 6.90. The number of nitrogens with one attached hydrogen (secondary N) is 1. The Labute approximate surface area is 241 Å². The molecule has 3 N–H and O–H groups in total. The van der Waals surface area contributed by atoms with Crippen LogP contribution in [-0.2, 0) is 16.0 Å². The molecule has 42 heavy (non-hydrogen) atoms. The van der Waals surface area contributed by atoms with Gasteiger partial charge in [0.1, 0.15) is 24.5 Å². The van der Waals surface area contributed by atoms with Crippen molar-refractivity contribution in [3.63, 3.8) is 0 Å². The fourth-order valence-corrected chi connectivity index (χ4v) is 4.78. The number of amides is 2. The van der Waals surface area contributed by atoms with E-state index in [4.69, 9.17) is 26.8 Å².